The zero-order valence-corrected chi connectivity index (χ0v) is 13.3. The van der Waals surface area contributed by atoms with Gasteiger partial charge in [0.05, 0.1) is 13.7 Å². The van der Waals surface area contributed by atoms with Crippen LogP contribution in [0.3, 0.4) is 0 Å². The van der Waals surface area contributed by atoms with Crippen molar-refractivity contribution < 1.29 is 19.7 Å². The molecular formula is C19H19NO4. The van der Waals surface area contributed by atoms with Crippen LogP contribution in [0.1, 0.15) is 0 Å². The quantitative estimate of drug-likeness (QED) is 0.729. The van der Waals surface area contributed by atoms with E-state index in [9.17, 15) is 5.11 Å². The van der Waals surface area contributed by atoms with E-state index in [1.807, 2.05) is 48.5 Å². The van der Waals surface area contributed by atoms with Crippen LogP contribution in [-0.4, -0.2) is 41.6 Å². The van der Waals surface area contributed by atoms with Gasteiger partial charge in [-0.3, -0.25) is 0 Å². The summed E-state index contributed by atoms with van der Waals surface area (Å²) < 4.78 is 10.9. The largest absolute Gasteiger partial charge is 0.497 e. The monoisotopic (exact) mass is 325 g/mol. The van der Waals surface area contributed by atoms with Crippen LogP contribution in [-0.2, 0) is 0 Å². The summed E-state index contributed by atoms with van der Waals surface area (Å²) in [4.78, 5) is 4.39. The van der Waals surface area contributed by atoms with Gasteiger partial charge in [-0.05, 0) is 23.8 Å². The first-order chi connectivity index (χ1) is 11.7. The van der Waals surface area contributed by atoms with Gasteiger partial charge in [-0.2, -0.15) is 0 Å². The molecule has 1 aromatic heterocycles. The summed E-state index contributed by atoms with van der Waals surface area (Å²) in [5.41, 5.74) is 2.02. The van der Waals surface area contributed by atoms with E-state index in [-0.39, 0.29) is 13.2 Å². The average molecular weight is 325 g/mol. The van der Waals surface area contributed by atoms with Gasteiger partial charge in [0, 0.05) is 22.5 Å². The fourth-order valence-corrected chi connectivity index (χ4v) is 2.51. The molecular weight excluding hydrogens is 306 g/mol. The first-order valence-corrected chi connectivity index (χ1v) is 7.67. The highest BCUT2D eigenvalue weighted by Crippen LogP contribution is 2.34. The highest BCUT2D eigenvalue weighted by atomic mass is 16.5. The summed E-state index contributed by atoms with van der Waals surface area (Å²) in [7, 11) is 1.62. The SMILES string of the molecule is COc1ccc2c(OC[C@H](O)CO)ncc(-c3ccccc3)c2c1. The summed E-state index contributed by atoms with van der Waals surface area (Å²) in [5, 5.41) is 20.2. The maximum atomic E-state index is 9.48. The first kappa shape index (κ1) is 16.2. The van der Waals surface area contributed by atoms with E-state index in [0.717, 1.165) is 27.6 Å². The smallest absolute Gasteiger partial charge is 0.221 e. The molecule has 0 unspecified atom stereocenters. The van der Waals surface area contributed by atoms with E-state index >= 15 is 0 Å². The third-order valence-electron chi connectivity index (χ3n) is 3.77. The maximum Gasteiger partial charge on any atom is 0.221 e. The molecule has 2 N–H and O–H groups in total. The van der Waals surface area contributed by atoms with E-state index in [1.54, 1.807) is 13.3 Å². The average Bonchev–Trinajstić information content (AvgIpc) is 2.65. The van der Waals surface area contributed by atoms with E-state index in [0.29, 0.717) is 5.88 Å². The normalized spacial score (nSPS) is 12.1. The van der Waals surface area contributed by atoms with E-state index in [4.69, 9.17) is 14.6 Å². The summed E-state index contributed by atoms with van der Waals surface area (Å²) in [6.45, 7) is -0.372. The Bertz CT molecular complexity index is 820. The lowest BCUT2D eigenvalue weighted by molar-refractivity contribution is 0.0527. The highest BCUT2D eigenvalue weighted by molar-refractivity contribution is 5.99. The van der Waals surface area contributed by atoms with E-state index in [1.165, 1.54) is 0 Å². The number of methoxy groups -OCH3 is 1. The minimum absolute atomic E-state index is 0.0185. The van der Waals surface area contributed by atoms with Crippen LogP contribution >= 0.6 is 0 Å². The van der Waals surface area contributed by atoms with Gasteiger partial charge in [0.15, 0.2) is 0 Å². The Hall–Kier alpha value is -2.63. The van der Waals surface area contributed by atoms with Gasteiger partial charge in [-0.1, -0.05) is 30.3 Å². The van der Waals surface area contributed by atoms with Gasteiger partial charge in [-0.15, -0.1) is 0 Å². The Balaban J connectivity index is 2.10. The van der Waals surface area contributed by atoms with Crippen molar-refractivity contribution in [2.75, 3.05) is 20.3 Å². The Morgan fingerprint density at radius 2 is 1.88 bits per heavy atom. The molecule has 3 aromatic rings. The first-order valence-electron chi connectivity index (χ1n) is 7.67. The predicted octanol–water partition coefficient (Wildman–Crippen LogP) is 2.64. The van der Waals surface area contributed by atoms with E-state index < -0.39 is 6.10 Å². The van der Waals surface area contributed by atoms with Crippen LogP contribution in [0.15, 0.2) is 54.7 Å². The predicted molar refractivity (Wildman–Crippen MR) is 92.3 cm³/mol. The van der Waals surface area contributed by atoms with Crippen LogP contribution in [0.25, 0.3) is 21.9 Å². The number of hydrogen-bond acceptors (Lipinski definition) is 5. The second-order valence-electron chi connectivity index (χ2n) is 5.40. The van der Waals surface area contributed by atoms with Crippen molar-refractivity contribution >= 4 is 10.8 Å². The topological polar surface area (TPSA) is 71.8 Å². The van der Waals surface area contributed by atoms with Crippen molar-refractivity contribution in [3.05, 3.63) is 54.7 Å². The molecule has 0 saturated heterocycles. The van der Waals surface area contributed by atoms with Gasteiger partial charge in [0.25, 0.3) is 0 Å². The second-order valence-corrected chi connectivity index (χ2v) is 5.40. The van der Waals surface area contributed by atoms with Crippen LogP contribution in [0.4, 0.5) is 0 Å². The molecule has 0 saturated carbocycles. The molecule has 1 atom stereocenters. The molecule has 5 nitrogen and oxygen atoms in total. The van der Waals surface area contributed by atoms with Crippen molar-refractivity contribution in [1.82, 2.24) is 4.98 Å². The molecule has 2 aromatic carbocycles. The number of ether oxygens (including phenoxy) is 2. The molecule has 0 aliphatic heterocycles. The molecule has 3 rings (SSSR count). The number of hydrogen-bond donors (Lipinski definition) is 2. The Morgan fingerprint density at radius 1 is 1.08 bits per heavy atom. The fourth-order valence-electron chi connectivity index (χ4n) is 2.51. The number of nitrogens with zero attached hydrogens (tertiary/aromatic N) is 1. The Kier molecular flexibility index (Phi) is 4.93. The minimum Gasteiger partial charge on any atom is -0.497 e. The molecule has 0 radical (unpaired) electrons. The third-order valence-corrected chi connectivity index (χ3v) is 3.77. The van der Waals surface area contributed by atoms with Gasteiger partial charge >= 0.3 is 0 Å². The molecule has 1 heterocycles. The van der Waals surface area contributed by atoms with Crippen LogP contribution in [0.2, 0.25) is 0 Å². The summed E-state index contributed by atoms with van der Waals surface area (Å²) >= 11 is 0. The molecule has 0 amide bonds. The standard InChI is InChI=1S/C19H19NO4/c1-23-15-7-8-16-17(9-15)18(13-5-3-2-4-6-13)10-20-19(16)24-12-14(22)11-21/h2-10,14,21-22H,11-12H2,1H3/t14-/m1/s1. The van der Waals surface area contributed by atoms with Crippen molar-refractivity contribution in [3.8, 4) is 22.8 Å². The lowest BCUT2D eigenvalue weighted by Gasteiger charge is -2.14. The summed E-state index contributed by atoms with van der Waals surface area (Å²) in [5.74, 6) is 1.16. The summed E-state index contributed by atoms with van der Waals surface area (Å²) in [6, 6.07) is 15.6. The van der Waals surface area contributed by atoms with Gasteiger partial charge < -0.3 is 19.7 Å². The zero-order valence-electron chi connectivity index (χ0n) is 13.3. The molecule has 0 aliphatic rings. The van der Waals surface area contributed by atoms with Crippen molar-refractivity contribution in [2.24, 2.45) is 0 Å². The molecule has 0 fully saturated rings. The van der Waals surface area contributed by atoms with E-state index in [2.05, 4.69) is 4.98 Å². The lowest BCUT2D eigenvalue weighted by Crippen LogP contribution is -2.21. The van der Waals surface area contributed by atoms with Gasteiger partial charge in [0.1, 0.15) is 18.5 Å². The van der Waals surface area contributed by atoms with Crippen molar-refractivity contribution in [3.63, 3.8) is 0 Å². The number of aliphatic hydroxyl groups is 2. The molecule has 0 bridgehead atoms. The molecule has 0 spiro atoms. The van der Waals surface area contributed by atoms with Crippen molar-refractivity contribution in [2.45, 2.75) is 6.10 Å². The van der Waals surface area contributed by atoms with Gasteiger partial charge in [0.2, 0.25) is 5.88 Å². The van der Waals surface area contributed by atoms with Crippen LogP contribution in [0, 0.1) is 0 Å². The minimum atomic E-state index is -0.936. The number of aromatic nitrogens is 1. The number of fused-ring (bicyclic) bond motifs is 1. The van der Waals surface area contributed by atoms with Crippen LogP contribution in [0.5, 0.6) is 11.6 Å². The van der Waals surface area contributed by atoms with Gasteiger partial charge in [-0.25, -0.2) is 4.98 Å². The number of pyridine rings is 1. The Labute approximate surface area is 140 Å². The number of benzene rings is 2. The summed E-state index contributed by atoms with van der Waals surface area (Å²) in [6.07, 6.45) is 0.812. The zero-order chi connectivity index (χ0) is 16.9. The Morgan fingerprint density at radius 3 is 2.58 bits per heavy atom. The number of aliphatic hydroxyl groups excluding tert-OH is 2. The maximum absolute atomic E-state index is 9.48. The molecule has 0 aliphatic carbocycles. The third kappa shape index (κ3) is 3.32. The molecule has 24 heavy (non-hydrogen) atoms. The molecule has 5 heteroatoms. The fraction of sp³-hybridized carbons (Fsp3) is 0.211. The molecule has 124 valence electrons. The second kappa shape index (κ2) is 7.29. The highest BCUT2D eigenvalue weighted by Gasteiger charge is 2.13. The number of rotatable bonds is 6. The lowest BCUT2D eigenvalue weighted by atomic mass is 10.0. The van der Waals surface area contributed by atoms with Crippen molar-refractivity contribution in [1.29, 1.82) is 0 Å². The van der Waals surface area contributed by atoms with Crippen LogP contribution < -0.4 is 9.47 Å².